The van der Waals surface area contributed by atoms with Crippen molar-refractivity contribution >= 4 is 34.8 Å². The number of aliphatic hydroxyl groups is 2. The zero-order valence-corrected chi connectivity index (χ0v) is 13.9. The van der Waals surface area contributed by atoms with Crippen LogP contribution in [-0.2, 0) is 4.74 Å². The van der Waals surface area contributed by atoms with Gasteiger partial charge in [-0.3, -0.25) is 9.59 Å². The fourth-order valence-corrected chi connectivity index (χ4v) is 2.21. The molecule has 0 saturated carbocycles. The third kappa shape index (κ3) is 4.47. The largest absolute Gasteiger partial charge is 0.506 e. The highest BCUT2D eigenvalue weighted by molar-refractivity contribution is 6.32. The molecule has 0 aliphatic carbocycles. The minimum absolute atomic E-state index is 0.0948. The average molecular weight is 387 g/mol. The summed E-state index contributed by atoms with van der Waals surface area (Å²) in [6, 6.07) is 6.85. The number of aromatic hydroxyl groups is 2. The molecular formula is C16H12Cl2O7. The van der Waals surface area contributed by atoms with Gasteiger partial charge in [-0.2, -0.15) is 0 Å². The number of ether oxygens (including phenoxy) is 1. The van der Waals surface area contributed by atoms with Crippen LogP contribution in [0.25, 0.3) is 0 Å². The Bertz CT molecular complexity index is 755. The molecule has 0 aliphatic rings. The first kappa shape index (κ1) is 19.2. The summed E-state index contributed by atoms with van der Waals surface area (Å²) in [5, 5.41) is 37.8. The molecule has 9 heteroatoms. The Morgan fingerprint density at radius 3 is 1.48 bits per heavy atom. The molecule has 2 unspecified atom stereocenters. The van der Waals surface area contributed by atoms with Crippen LogP contribution >= 0.6 is 23.2 Å². The monoisotopic (exact) mass is 386 g/mol. The number of phenolic OH excluding ortho intramolecular Hbond substituents is 2. The fraction of sp³-hybridized carbons (Fsp3) is 0.125. The molecule has 2 atom stereocenters. The Morgan fingerprint density at radius 1 is 0.800 bits per heavy atom. The molecule has 0 saturated heterocycles. The van der Waals surface area contributed by atoms with E-state index >= 15 is 0 Å². The Kier molecular flexibility index (Phi) is 5.99. The standard InChI is InChI=1S/C16H12Cl2O7/c17-9-5-7(1-3-11(9)19)13(21)15(23)25-16(24)14(22)8-2-4-12(20)10(18)6-8/h1-6,15-16,19-20,23-24H. The molecule has 4 N–H and O–H groups in total. The highest BCUT2D eigenvalue weighted by Gasteiger charge is 2.27. The Morgan fingerprint density at radius 2 is 1.16 bits per heavy atom. The summed E-state index contributed by atoms with van der Waals surface area (Å²) in [6.07, 6.45) is -4.29. The maximum Gasteiger partial charge on any atom is 0.223 e. The van der Waals surface area contributed by atoms with E-state index in [1.165, 1.54) is 12.1 Å². The topological polar surface area (TPSA) is 124 Å². The van der Waals surface area contributed by atoms with E-state index < -0.39 is 24.1 Å². The van der Waals surface area contributed by atoms with Crippen LogP contribution in [0.4, 0.5) is 0 Å². The van der Waals surface area contributed by atoms with Crippen LogP contribution in [0.2, 0.25) is 10.0 Å². The van der Waals surface area contributed by atoms with E-state index in [1.54, 1.807) is 0 Å². The van der Waals surface area contributed by atoms with Gasteiger partial charge in [0, 0.05) is 11.1 Å². The van der Waals surface area contributed by atoms with Crippen molar-refractivity contribution in [1.82, 2.24) is 0 Å². The van der Waals surface area contributed by atoms with Gasteiger partial charge < -0.3 is 25.2 Å². The third-order valence-electron chi connectivity index (χ3n) is 3.17. The smallest absolute Gasteiger partial charge is 0.223 e. The molecule has 0 radical (unpaired) electrons. The van der Waals surface area contributed by atoms with Crippen LogP contribution in [-0.4, -0.2) is 44.6 Å². The Hall–Kier alpha value is -2.16. The van der Waals surface area contributed by atoms with Crippen LogP contribution < -0.4 is 0 Å². The molecule has 0 heterocycles. The van der Waals surface area contributed by atoms with Gasteiger partial charge in [0.25, 0.3) is 0 Å². The highest BCUT2D eigenvalue weighted by atomic mass is 35.5. The van der Waals surface area contributed by atoms with Crippen molar-refractivity contribution in [1.29, 1.82) is 0 Å². The van der Waals surface area contributed by atoms with Gasteiger partial charge in [0.05, 0.1) is 10.0 Å². The van der Waals surface area contributed by atoms with Crippen molar-refractivity contribution in [2.24, 2.45) is 0 Å². The van der Waals surface area contributed by atoms with E-state index in [0.29, 0.717) is 0 Å². The zero-order valence-electron chi connectivity index (χ0n) is 12.4. The van der Waals surface area contributed by atoms with Crippen molar-refractivity contribution in [3.63, 3.8) is 0 Å². The summed E-state index contributed by atoms with van der Waals surface area (Å²) in [6.45, 7) is 0. The number of carbonyl (C=O) groups is 2. The number of phenols is 2. The van der Waals surface area contributed by atoms with Crippen LogP contribution in [0.1, 0.15) is 20.7 Å². The molecule has 25 heavy (non-hydrogen) atoms. The first-order valence-electron chi connectivity index (χ1n) is 6.77. The van der Waals surface area contributed by atoms with Crippen LogP contribution in [0.5, 0.6) is 11.5 Å². The number of aliphatic hydroxyl groups excluding tert-OH is 2. The number of carbonyl (C=O) groups excluding carboxylic acids is 2. The summed E-state index contributed by atoms with van der Waals surface area (Å²) >= 11 is 11.3. The molecule has 132 valence electrons. The molecule has 2 rings (SSSR count). The van der Waals surface area contributed by atoms with Gasteiger partial charge in [0.15, 0.2) is 0 Å². The number of benzene rings is 2. The van der Waals surface area contributed by atoms with Gasteiger partial charge in [-0.15, -0.1) is 0 Å². The highest BCUT2D eigenvalue weighted by Crippen LogP contribution is 2.26. The van der Waals surface area contributed by atoms with Crippen molar-refractivity contribution in [2.45, 2.75) is 12.6 Å². The first-order chi connectivity index (χ1) is 11.7. The van der Waals surface area contributed by atoms with Gasteiger partial charge in [-0.05, 0) is 36.4 Å². The average Bonchev–Trinajstić information content (AvgIpc) is 2.58. The van der Waals surface area contributed by atoms with E-state index in [-0.39, 0.29) is 32.7 Å². The normalized spacial score (nSPS) is 13.3. The summed E-state index contributed by atoms with van der Waals surface area (Å²) < 4.78 is 4.62. The fourth-order valence-electron chi connectivity index (χ4n) is 1.85. The van der Waals surface area contributed by atoms with Gasteiger partial charge in [-0.25, -0.2) is 0 Å². The minimum Gasteiger partial charge on any atom is -0.506 e. The number of hydrogen-bond acceptors (Lipinski definition) is 7. The van der Waals surface area contributed by atoms with Crippen molar-refractivity contribution < 1.29 is 34.8 Å². The molecule has 7 nitrogen and oxygen atoms in total. The van der Waals surface area contributed by atoms with Crippen LogP contribution in [0.3, 0.4) is 0 Å². The van der Waals surface area contributed by atoms with E-state index in [0.717, 1.165) is 24.3 Å². The van der Waals surface area contributed by atoms with Crippen molar-refractivity contribution in [3.05, 3.63) is 57.6 Å². The number of rotatable bonds is 6. The molecule has 0 bridgehead atoms. The molecule has 2 aromatic rings. The maximum atomic E-state index is 12.0. The number of hydrogen-bond donors (Lipinski definition) is 4. The molecule has 0 aliphatic heterocycles. The summed E-state index contributed by atoms with van der Waals surface area (Å²) in [4.78, 5) is 24.0. The Labute approximate surface area is 151 Å². The van der Waals surface area contributed by atoms with Gasteiger partial charge in [0.1, 0.15) is 11.5 Å². The van der Waals surface area contributed by atoms with E-state index in [9.17, 15) is 30.0 Å². The van der Waals surface area contributed by atoms with E-state index in [1.807, 2.05) is 0 Å². The van der Waals surface area contributed by atoms with Crippen molar-refractivity contribution in [2.75, 3.05) is 0 Å². The quantitative estimate of drug-likeness (QED) is 0.442. The zero-order chi connectivity index (χ0) is 18.7. The summed E-state index contributed by atoms with van der Waals surface area (Å²) in [5.74, 6) is -2.46. The van der Waals surface area contributed by atoms with Gasteiger partial charge in [-0.1, -0.05) is 23.2 Å². The van der Waals surface area contributed by atoms with Crippen LogP contribution in [0.15, 0.2) is 36.4 Å². The van der Waals surface area contributed by atoms with Gasteiger partial charge in [0.2, 0.25) is 24.1 Å². The molecule has 0 spiro atoms. The number of ketones is 2. The predicted molar refractivity (Wildman–Crippen MR) is 88.0 cm³/mol. The number of Topliss-reactive ketones (excluding diaryl/α,β-unsaturated/α-hetero) is 2. The van der Waals surface area contributed by atoms with Gasteiger partial charge >= 0.3 is 0 Å². The SMILES string of the molecule is O=C(c1ccc(O)c(Cl)c1)C(O)OC(O)C(=O)c1ccc(O)c(Cl)c1. The number of halogens is 2. The second-order valence-corrected chi connectivity index (χ2v) is 5.72. The molecular weight excluding hydrogens is 375 g/mol. The summed E-state index contributed by atoms with van der Waals surface area (Å²) in [7, 11) is 0. The lowest BCUT2D eigenvalue weighted by Gasteiger charge is -2.16. The molecule has 0 fully saturated rings. The Balaban J connectivity index is 2.08. The lowest BCUT2D eigenvalue weighted by molar-refractivity contribution is -0.163. The van der Waals surface area contributed by atoms with E-state index in [2.05, 4.69) is 4.74 Å². The van der Waals surface area contributed by atoms with Crippen molar-refractivity contribution in [3.8, 4) is 11.5 Å². The lowest BCUT2D eigenvalue weighted by atomic mass is 10.1. The second kappa shape index (κ2) is 7.81. The molecule has 0 aromatic heterocycles. The summed E-state index contributed by atoms with van der Waals surface area (Å²) in [5.41, 5.74) is -0.190. The predicted octanol–water partition coefficient (Wildman–Crippen LogP) is 2.12. The third-order valence-corrected chi connectivity index (χ3v) is 3.78. The molecule has 2 aromatic carbocycles. The van der Waals surface area contributed by atoms with E-state index in [4.69, 9.17) is 23.2 Å². The molecule has 0 amide bonds. The lowest BCUT2D eigenvalue weighted by Crippen LogP contribution is -2.34. The first-order valence-corrected chi connectivity index (χ1v) is 7.53. The second-order valence-electron chi connectivity index (χ2n) is 4.90. The van der Waals surface area contributed by atoms with Crippen LogP contribution in [0, 0.1) is 0 Å². The minimum atomic E-state index is -2.15. The maximum absolute atomic E-state index is 12.0.